The smallest absolute Gasteiger partial charge is 0.145 e. The minimum Gasteiger partial charge on any atom is -0.320 e. The van der Waals surface area contributed by atoms with Gasteiger partial charge in [-0.2, -0.15) is 0 Å². The Balaban J connectivity index is 2.56. The number of aryl methyl sites for hydroxylation is 1. The Morgan fingerprint density at radius 2 is 1.84 bits per heavy atom. The average molecular weight is 326 g/mol. The zero-order valence-corrected chi connectivity index (χ0v) is 12.0. The standard InChI is InChI=1S/C15H14BrF2N/c1-2-9-5-3-4-6-10(9)15(19)13-12(17)8-7-11(16)14(13)18/h3-8,15H,2,19H2,1H3. The van der Waals surface area contributed by atoms with E-state index in [-0.39, 0.29) is 10.0 Å². The van der Waals surface area contributed by atoms with Gasteiger partial charge in [-0.25, -0.2) is 8.78 Å². The first-order valence-electron chi connectivity index (χ1n) is 6.03. The number of rotatable bonds is 3. The molecule has 0 saturated heterocycles. The molecule has 0 spiro atoms. The highest BCUT2D eigenvalue weighted by Crippen LogP contribution is 2.30. The SMILES string of the molecule is CCc1ccccc1C(N)c1c(F)ccc(Br)c1F. The van der Waals surface area contributed by atoms with E-state index in [1.807, 2.05) is 31.2 Å². The molecule has 4 heteroatoms. The Morgan fingerprint density at radius 1 is 1.16 bits per heavy atom. The molecule has 0 heterocycles. The number of benzene rings is 2. The fourth-order valence-corrected chi connectivity index (χ4v) is 2.49. The Bertz CT molecular complexity index is 599. The lowest BCUT2D eigenvalue weighted by atomic mass is 9.93. The summed E-state index contributed by atoms with van der Waals surface area (Å²) in [7, 11) is 0. The van der Waals surface area contributed by atoms with E-state index in [0.29, 0.717) is 0 Å². The lowest BCUT2D eigenvalue weighted by Crippen LogP contribution is -2.17. The molecule has 0 bridgehead atoms. The van der Waals surface area contributed by atoms with Gasteiger partial charge in [0.05, 0.1) is 10.5 Å². The summed E-state index contributed by atoms with van der Waals surface area (Å²) in [5.41, 5.74) is 7.71. The van der Waals surface area contributed by atoms with Gasteiger partial charge in [-0.15, -0.1) is 0 Å². The molecule has 0 aliphatic carbocycles. The minimum absolute atomic E-state index is 0.102. The van der Waals surface area contributed by atoms with Crippen LogP contribution in [0.1, 0.15) is 29.7 Å². The van der Waals surface area contributed by atoms with Crippen molar-refractivity contribution >= 4 is 15.9 Å². The summed E-state index contributed by atoms with van der Waals surface area (Å²) in [5, 5.41) is 0. The van der Waals surface area contributed by atoms with E-state index in [1.165, 1.54) is 12.1 Å². The quantitative estimate of drug-likeness (QED) is 0.835. The van der Waals surface area contributed by atoms with Gasteiger partial charge in [-0.1, -0.05) is 31.2 Å². The summed E-state index contributed by atoms with van der Waals surface area (Å²) < 4.78 is 28.1. The van der Waals surface area contributed by atoms with Crippen molar-refractivity contribution < 1.29 is 8.78 Å². The number of hydrogen-bond acceptors (Lipinski definition) is 1. The Labute approximate surface area is 119 Å². The second-order valence-electron chi connectivity index (χ2n) is 4.29. The molecule has 100 valence electrons. The van der Waals surface area contributed by atoms with Crippen molar-refractivity contribution in [2.45, 2.75) is 19.4 Å². The lowest BCUT2D eigenvalue weighted by Gasteiger charge is -2.18. The molecule has 1 unspecified atom stereocenters. The van der Waals surface area contributed by atoms with Crippen molar-refractivity contribution in [1.29, 1.82) is 0 Å². The summed E-state index contributed by atoms with van der Waals surface area (Å²) in [6.45, 7) is 1.99. The second-order valence-corrected chi connectivity index (χ2v) is 5.14. The van der Waals surface area contributed by atoms with Gasteiger partial charge in [-0.05, 0) is 45.6 Å². The van der Waals surface area contributed by atoms with Gasteiger partial charge in [0.25, 0.3) is 0 Å². The van der Waals surface area contributed by atoms with Crippen molar-refractivity contribution in [2.75, 3.05) is 0 Å². The van der Waals surface area contributed by atoms with Crippen molar-refractivity contribution in [2.24, 2.45) is 5.73 Å². The molecule has 0 fully saturated rings. The third-order valence-electron chi connectivity index (χ3n) is 3.16. The minimum atomic E-state index is -0.811. The van der Waals surface area contributed by atoms with Gasteiger partial charge in [0, 0.05) is 5.56 Å². The van der Waals surface area contributed by atoms with E-state index in [0.717, 1.165) is 17.5 Å². The van der Waals surface area contributed by atoms with Crippen LogP contribution in [0.25, 0.3) is 0 Å². The fraction of sp³-hybridized carbons (Fsp3) is 0.200. The highest BCUT2D eigenvalue weighted by Gasteiger charge is 2.21. The van der Waals surface area contributed by atoms with Gasteiger partial charge < -0.3 is 5.73 Å². The molecular formula is C15H14BrF2N. The molecule has 0 aromatic heterocycles. The summed E-state index contributed by atoms with van der Waals surface area (Å²) in [4.78, 5) is 0. The highest BCUT2D eigenvalue weighted by atomic mass is 79.9. The summed E-state index contributed by atoms with van der Waals surface area (Å²) >= 11 is 3.06. The van der Waals surface area contributed by atoms with Gasteiger partial charge >= 0.3 is 0 Å². The van der Waals surface area contributed by atoms with Crippen LogP contribution < -0.4 is 5.73 Å². The maximum absolute atomic E-state index is 14.1. The number of halogens is 3. The Kier molecular flexibility index (Phi) is 4.32. The summed E-state index contributed by atoms with van der Waals surface area (Å²) in [6, 6.07) is 9.19. The van der Waals surface area contributed by atoms with Crippen molar-refractivity contribution in [1.82, 2.24) is 0 Å². The topological polar surface area (TPSA) is 26.0 Å². The molecule has 19 heavy (non-hydrogen) atoms. The second kappa shape index (κ2) is 5.80. The van der Waals surface area contributed by atoms with E-state index in [9.17, 15) is 8.78 Å². The third kappa shape index (κ3) is 2.69. The van der Waals surface area contributed by atoms with Crippen molar-refractivity contribution in [3.05, 3.63) is 69.2 Å². The highest BCUT2D eigenvalue weighted by molar-refractivity contribution is 9.10. The van der Waals surface area contributed by atoms with Crippen molar-refractivity contribution in [3.8, 4) is 0 Å². The van der Waals surface area contributed by atoms with Crippen LogP contribution in [-0.4, -0.2) is 0 Å². The molecule has 1 nitrogen and oxygen atoms in total. The number of hydrogen-bond donors (Lipinski definition) is 1. The zero-order chi connectivity index (χ0) is 14.0. The largest absolute Gasteiger partial charge is 0.320 e. The van der Waals surface area contributed by atoms with Crippen LogP contribution in [0.15, 0.2) is 40.9 Å². The first-order chi connectivity index (χ1) is 9.06. The molecule has 2 rings (SSSR count). The van der Waals surface area contributed by atoms with Crippen LogP contribution in [-0.2, 0) is 6.42 Å². The van der Waals surface area contributed by atoms with E-state index in [2.05, 4.69) is 15.9 Å². The van der Waals surface area contributed by atoms with E-state index < -0.39 is 17.7 Å². The summed E-state index contributed by atoms with van der Waals surface area (Å²) in [6.07, 6.45) is 0.765. The zero-order valence-electron chi connectivity index (χ0n) is 10.5. The third-order valence-corrected chi connectivity index (χ3v) is 3.77. The maximum Gasteiger partial charge on any atom is 0.145 e. The normalized spacial score (nSPS) is 12.5. The predicted octanol–water partition coefficient (Wildman–Crippen LogP) is 4.34. The maximum atomic E-state index is 14.1. The van der Waals surface area contributed by atoms with Gasteiger partial charge in [-0.3, -0.25) is 0 Å². The lowest BCUT2D eigenvalue weighted by molar-refractivity contribution is 0.538. The molecular weight excluding hydrogens is 312 g/mol. The van der Waals surface area contributed by atoms with E-state index in [1.54, 1.807) is 0 Å². The molecule has 0 aliphatic rings. The Morgan fingerprint density at radius 3 is 2.53 bits per heavy atom. The molecule has 2 N–H and O–H groups in total. The number of nitrogens with two attached hydrogens (primary N) is 1. The molecule has 2 aromatic carbocycles. The molecule has 0 saturated carbocycles. The van der Waals surface area contributed by atoms with Gasteiger partial charge in [0.2, 0.25) is 0 Å². The molecule has 2 aromatic rings. The van der Waals surface area contributed by atoms with Crippen LogP contribution >= 0.6 is 15.9 Å². The first-order valence-corrected chi connectivity index (χ1v) is 6.82. The van der Waals surface area contributed by atoms with Crippen LogP contribution in [0.5, 0.6) is 0 Å². The summed E-state index contributed by atoms with van der Waals surface area (Å²) in [5.74, 6) is -1.27. The first kappa shape index (κ1) is 14.2. The van der Waals surface area contributed by atoms with Crippen LogP contribution in [0, 0.1) is 11.6 Å². The monoisotopic (exact) mass is 325 g/mol. The fourth-order valence-electron chi connectivity index (χ4n) is 2.14. The molecule has 1 atom stereocenters. The van der Waals surface area contributed by atoms with Crippen molar-refractivity contribution in [3.63, 3.8) is 0 Å². The molecule has 0 radical (unpaired) electrons. The van der Waals surface area contributed by atoms with E-state index in [4.69, 9.17) is 5.73 Å². The van der Waals surface area contributed by atoms with Crippen LogP contribution in [0.4, 0.5) is 8.78 Å². The van der Waals surface area contributed by atoms with Crippen LogP contribution in [0.3, 0.4) is 0 Å². The predicted molar refractivity (Wildman–Crippen MR) is 75.9 cm³/mol. The van der Waals surface area contributed by atoms with Gasteiger partial charge in [0.1, 0.15) is 11.6 Å². The Hall–Kier alpha value is -1.26. The van der Waals surface area contributed by atoms with Gasteiger partial charge in [0.15, 0.2) is 0 Å². The molecule has 0 aliphatic heterocycles. The average Bonchev–Trinajstić information content (AvgIpc) is 2.43. The van der Waals surface area contributed by atoms with Crippen LogP contribution in [0.2, 0.25) is 0 Å². The van der Waals surface area contributed by atoms with E-state index >= 15 is 0 Å². The molecule has 0 amide bonds.